The molecule has 0 aliphatic heterocycles. The van der Waals surface area contributed by atoms with Crippen LogP contribution in [0.15, 0.2) is 18.2 Å². The van der Waals surface area contributed by atoms with Gasteiger partial charge in [-0.25, -0.2) is 0 Å². The highest BCUT2D eigenvalue weighted by Gasteiger charge is 2.27. The highest BCUT2D eigenvalue weighted by atomic mass is 16.5. The summed E-state index contributed by atoms with van der Waals surface area (Å²) in [7, 11) is 1.73. The van der Waals surface area contributed by atoms with E-state index in [-0.39, 0.29) is 6.10 Å². The van der Waals surface area contributed by atoms with Crippen molar-refractivity contribution in [2.75, 3.05) is 13.7 Å². The molecule has 1 unspecified atom stereocenters. The average molecular weight is 326 g/mol. The predicted molar refractivity (Wildman–Crippen MR) is 97.0 cm³/mol. The first-order chi connectivity index (χ1) is 11.5. The van der Waals surface area contributed by atoms with Crippen LogP contribution >= 0.6 is 0 Å². The van der Waals surface area contributed by atoms with Crippen molar-refractivity contribution in [3.8, 4) is 22.6 Å². The lowest BCUT2D eigenvalue weighted by molar-refractivity contribution is 0.0765. The molecule has 1 aliphatic rings. The molecule has 3 nitrogen and oxygen atoms in total. The van der Waals surface area contributed by atoms with Crippen molar-refractivity contribution in [1.29, 1.82) is 0 Å². The molecule has 0 saturated heterocycles. The van der Waals surface area contributed by atoms with Crippen LogP contribution in [0.4, 0.5) is 0 Å². The summed E-state index contributed by atoms with van der Waals surface area (Å²) in [6, 6.07) is 5.97. The van der Waals surface area contributed by atoms with Crippen molar-refractivity contribution >= 4 is 0 Å². The highest BCUT2D eigenvalue weighted by molar-refractivity contribution is 5.80. The van der Waals surface area contributed by atoms with Crippen molar-refractivity contribution in [3.05, 3.63) is 46.0 Å². The Kier molecular flexibility index (Phi) is 4.55. The molecule has 3 heteroatoms. The Balaban J connectivity index is 2.31. The molecule has 0 heterocycles. The lowest BCUT2D eigenvalue weighted by Gasteiger charge is -2.29. The summed E-state index contributed by atoms with van der Waals surface area (Å²) in [5, 5.41) is 10.1. The summed E-state index contributed by atoms with van der Waals surface area (Å²) < 4.78 is 11.5. The van der Waals surface area contributed by atoms with Gasteiger partial charge in [0.25, 0.3) is 0 Å². The summed E-state index contributed by atoms with van der Waals surface area (Å²) in [5.41, 5.74) is 8.43. The first kappa shape index (κ1) is 16.8. The van der Waals surface area contributed by atoms with Crippen LogP contribution in [0.2, 0.25) is 0 Å². The van der Waals surface area contributed by atoms with Gasteiger partial charge in [-0.05, 0) is 91.6 Å². The van der Waals surface area contributed by atoms with Gasteiger partial charge in [-0.15, -0.1) is 0 Å². The summed E-state index contributed by atoms with van der Waals surface area (Å²) in [6.07, 6.45) is 1.90. The maximum atomic E-state index is 10.1. The fourth-order valence-electron chi connectivity index (χ4n) is 3.89. The molecule has 0 fully saturated rings. The molecule has 1 N–H and O–H groups in total. The van der Waals surface area contributed by atoms with Gasteiger partial charge in [0.15, 0.2) is 0 Å². The summed E-state index contributed by atoms with van der Waals surface area (Å²) in [6.45, 7) is 8.92. The van der Waals surface area contributed by atoms with Crippen LogP contribution in [-0.2, 0) is 17.6 Å². The van der Waals surface area contributed by atoms with E-state index in [1.807, 2.05) is 19.9 Å². The molecule has 2 aromatic carbocycles. The lowest BCUT2D eigenvalue weighted by Crippen LogP contribution is -2.13. The number of fused-ring (bicyclic) bond motifs is 3. The largest absolute Gasteiger partial charge is 0.508 e. The van der Waals surface area contributed by atoms with E-state index in [0.717, 1.165) is 24.2 Å². The predicted octanol–water partition coefficient (Wildman–Crippen LogP) is 4.88. The Morgan fingerprint density at radius 3 is 2.50 bits per heavy atom. The van der Waals surface area contributed by atoms with Gasteiger partial charge >= 0.3 is 0 Å². The summed E-state index contributed by atoms with van der Waals surface area (Å²) in [5.74, 6) is 1.30. The minimum Gasteiger partial charge on any atom is -0.508 e. The van der Waals surface area contributed by atoms with Crippen molar-refractivity contribution in [1.82, 2.24) is 0 Å². The van der Waals surface area contributed by atoms with E-state index in [9.17, 15) is 5.11 Å². The van der Waals surface area contributed by atoms with E-state index in [1.54, 1.807) is 13.2 Å². The van der Waals surface area contributed by atoms with Gasteiger partial charge in [0.2, 0.25) is 0 Å². The van der Waals surface area contributed by atoms with Crippen molar-refractivity contribution in [2.45, 2.75) is 46.6 Å². The molecule has 0 amide bonds. The SMILES string of the molecule is CCOC(C)c1cc(OC)c(C)c2c1-c1ccc(O)c(C)c1CC2. The minimum absolute atomic E-state index is 0.00157. The van der Waals surface area contributed by atoms with Crippen molar-refractivity contribution in [2.24, 2.45) is 0 Å². The molecule has 0 spiro atoms. The molecule has 0 saturated carbocycles. The van der Waals surface area contributed by atoms with Gasteiger partial charge in [-0.2, -0.15) is 0 Å². The van der Waals surface area contributed by atoms with Crippen LogP contribution in [0, 0.1) is 13.8 Å². The standard InChI is InChI=1S/C21H26O3/c1-6-24-14(4)18-11-20(23-5)13(3)16-8-7-15-12(2)19(22)10-9-17(15)21(16)18/h9-11,14,22H,6-8H2,1-5H3. The van der Waals surface area contributed by atoms with Gasteiger partial charge < -0.3 is 14.6 Å². The van der Waals surface area contributed by atoms with Crippen LogP contribution in [-0.4, -0.2) is 18.8 Å². The Morgan fingerprint density at radius 1 is 1.12 bits per heavy atom. The minimum atomic E-state index is -0.00157. The van der Waals surface area contributed by atoms with Gasteiger partial charge in [-0.3, -0.25) is 0 Å². The van der Waals surface area contributed by atoms with Gasteiger partial charge in [0.1, 0.15) is 11.5 Å². The fraction of sp³-hybridized carbons (Fsp3) is 0.429. The van der Waals surface area contributed by atoms with Crippen molar-refractivity contribution < 1.29 is 14.6 Å². The number of phenols is 1. The first-order valence-corrected chi connectivity index (χ1v) is 8.63. The molecule has 128 valence electrons. The number of methoxy groups -OCH3 is 1. The highest BCUT2D eigenvalue weighted by Crippen LogP contribution is 2.45. The zero-order chi connectivity index (χ0) is 17.4. The maximum Gasteiger partial charge on any atom is 0.122 e. The lowest BCUT2D eigenvalue weighted by atomic mass is 9.78. The number of phenolic OH excluding ortho intramolecular Hbond substituents is 1. The number of hydrogen-bond acceptors (Lipinski definition) is 3. The van der Waals surface area contributed by atoms with E-state index in [0.29, 0.717) is 12.4 Å². The molecule has 0 aromatic heterocycles. The number of ether oxygens (including phenoxy) is 2. The van der Waals surface area contributed by atoms with Gasteiger partial charge in [0, 0.05) is 6.61 Å². The van der Waals surface area contributed by atoms with Crippen LogP contribution in [0.25, 0.3) is 11.1 Å². The molecular formula is C21H26O3. The monoisotopic (exact) mass is 326 g/mol. The third kappa shape index (κ3) is 2.57. The topological polar surface area (TPSA) is 38.7 Å². The van der Waals surface area contributed by atoms with Crippen LogP contribution in [0.1, 0.15) is 47.8 Å². The van der Waals surface area contributed by atoms with Crippen LogP contribution in [0.5, 0.6) is 11.5 Å². The number of rotatable bonds is 4. The summed E-state index contributed by atoms with van der Waals surface area (Å²) in [4.78, 5) is 0. The molecule has 2 aromatic rings. The van der Waals surface area contributed by atoms with Crippen molar-refractivity contribution in [3.63, 3.8) is 0 Å². The number of benzene rings is 2. The van der Waals surface area contributed by atoms with Crippen LogP contribution < -0.4 is 4.74 Å². The second-order valence-electron chi connectivity index (χ2n) is 6.48. The molecule has 24 heavy (non-hydrogen) atoms. The quantitative estimate of drug-likeness (QED) is 0.870. The zero-order valence-electron chi connectivity index (χ0n) is 15.2. The fourth-order valence-corrected chi connectivity index (χ4v) is 3.89. The Morgan fingerprint density at radius 2 is 1.83 bits per heavy atom. The number of aromatic hydroxyl groups is 1. The van der Waals surface area contributed by atoms with Gasteiger partial charge in [-0.1, -0.05) is 6.07 Å². The zero-order valence-corrected chi connectivity index (χ0v) is 15.2. The van der Waals surface area contributed by atoms with E-state index in [1.165, 1.54) is 33.4 Å². The molecule has 0 radical (unpaired) electrons. The molecular weight excluding hydrogens is 300 g/mol. The second-order valence-corrected chi connectivity index (χ2v) is 6.48. The normalized spacial score (nSPS) is 14.0. The third-order valence-corrected chi connectivity index (χ3v) is 5.24. The second kappa shape index (κ2) is 6.48. The van der Waals surface area contributed by atoms with E-state index in [2.05, 4.69) is 19.9 Å². The summed E-state index contributed by atoms with van der Waals surface area (Å²) >= 11 is 0. The Hall–Kier alpha value is -2.00. The van der Waals surface area contributed by atoms with E-state index in [4.69, 9.17) is 9.47 Å². The molecule has 1 aliphatic carbocycles. The molecule has 0 bridgehead atoms. The van der Waals surface area contributed by atoms with Crippen LogP contribution in [0.3, 0.4) is 0 Å². The average Bonchev–Trinajstić information content (AvgIpc) is 2.58. The third-order valence-electron chi connectivity index (χ3n) is 5.24. The Bertz CT molecular complexity index is 777. The smallest absolute Gasteiger partial charge is 0.122 e. The molecule has 1 atom stereocenters. The Labute approximate surface area is 144 Å². The van der Waals surface area contributed by atoms with E-state index >= 15 is 0 Å². The maximum absolute atomic E-state index is 10.1. The van der Waals surface area contributed by atoms with Gasteiger partial charge in [0.05, 0.1) is 13.2 Å². The first-order valence-electron chi connectivity index (χ1n) is 8.63. The molecule has 3 rings (SSSR count). The van der Waals surface area contributed by atoms with E-state index < -0.39 is 0 Å². The number of hydrogen-bond donors (Lipinski definition) is 1.